The van der Waals surface area contributed by atoms with Crippen LogP contribution in [0.5, 0.6) is 0 Å². The number of hydrogen-bond acceptors (Lipinski definition) is 4. The molecule has 0 fully saturated rings. The molecule has 0 aliphatic carbocycles. The van der Waals surface area contributed by atoms with Crippen LogP contribution >= 0.6 is 11.3 Å². The number of thiophene rings is 1. The van der Waals surface area contributed by atoms with E-state index in [4.69, 9.17) is 0 Å². The zero-order chi connectivity index (χ0) is 17.7. The number of rotatable bonds is 7. The summed E-state index contributed by atoms with van der Waals surface area (Å²) < 4.78 is 25.8. The smallest absolute Gasteiger partial charge is 0.261 e. The van der Waals surface area contributed by atoms with E-state index >= 15 is 0 Å². The quantitative estimate of drug-likeness (QED) is 0.819. The van der Waals surface area contributed by atoms with E-state index in [1.165, 1.54) is 21.9 Å². The van der Waals surface area contributed by atoms with Gasteiger partial charge in [-0.1, -0.05) is 38.1 Å². The van der Waals surface area contributed by atoms with Crippen molar-refractivity contribution in [3.8, 4) is 0 Å². The molecule has 2 rings (SSSR count). The highest BCUT2D eigenvalue weighted by Gasteiger charge is 2.21. The molecule has 1 aromatic carbocycles. The molecule has 0 bridgehead atoms. The Kier molecular flexibility index (Phi) is 6.01. The van der Waals surface area contributed by atoms with Crippen molar-refractivity contribution < 1.29 is 13.2 Å². The minimum Gasteiger partial charge on any atom is -0.350 e. The highest BCUT2D eigenvalue weighted by atomic mass is 32.2. The fraction of sp³-hybridized carbons (Fsp3) is 0.353. The van der Waals surface area contributed by atoms with E-state index in [-0.39, 0.29) is 24.9 Å². The standard InChI is InChI=1S/C17H22N2O3S2/c1-13(2)14-7-4-5-8-15(14)19(24(3,21)22)11-10-18-17(20)16-9-6-12-23-16/h4-9,12-13H,10-11H2,1-3H3,(H,18,20). The summed E-state index contributed by atoms with van der Waals surface area (Å²) in [5.74, 6) is 0.0155. The van der Waals surface area contributed by atoms with Gasteiger partial charge in [0.1, 0.15) is 0 Å². The molecule has 1 amide bonds. The van der Waals surface area contributed by atoms with Crippen LogP contribution in [0, 0.1) is 0 Å². The number of sulfonamides is 1. The molecule has 1 N–H and O–H groups in total. The van der Waals surface area contributed by atoms with Crippen LogP contribution in [0.25, 0.3) is 0 Å². The number of nitrogens with zero attached hydrogens (tertiary/aromatic N) is 1. The molecule has 0 saturated heterocycles. The van der Waals surface area contributed by atoms with Gasteiger partial charge in [0.05, 0.1) is 23.4 Å². The summed E-state index contributed by atoms with van der Waals surface area (Å²) in [4.78, 5) is 12.6. The Labute approximate surface area is 147 Å². The molecule has 0 saturated carbocycles. The number of para-hydroxylation sites is 1. The average molecular weight is 367 g/mol. The van der Waals surface area contributed by atoms with Crippen molar-refractivity contribution >= 4 is 33.0 Å². The number of nitrogens with one attached hydrogen (secondary N) is 1. The molecule has 1 heterocycles. The Balaban J connectivity index is 2.15. The van der Waals surface area contributed by atoms with Gasteiger partial charge >= 0.3 is 0 Å². The SMILES string of the molecule is CC(C)c1ccccc1N(CCNC(=O)c1cccs1)S(C)(=O)=O. The van der Waals surface area contributed by atoms with Crippen LogP contribution in [0.2, 0.25) is 0 Å². The molecule has 2 aromatic rings. The van der Waals surface area contributed by atoms with Gasteiger partial charge in [-0.2, -0.15) is 0 Å². The first kappa shape index (κ1) is 18.5. The summed E-state index contributed by atoms with van der Waals surface area (Å²) in [6, 6.07) is 11.0. The monoisotopic (exact) mass is 366 g/mol. The maximum Gasteiger partial charge on any atom is 0.261 e. The van der Waals surface area contributed by atoms with Gasteiger partial charge in [0.2, 0.25) is 10.0 Å². The fourth-order valence-corrected chi connectivity index (χ4v) is 4.02. The molecule has 0 radical (unpaired) electrons. The lowest BCUT2D eigenvalue weighted by Crippen LogP contribution is -2.38. The van der Waals surface area contributed by atoms with Gasteiger partial charge < -0.3 is 5.32 Å². The second-order valence-corrected chi connectivity index (χ2v) is 8.64. The van der Waals surface area contributed by atoms with Crippen LogP contribution in [-0.2, 0) is 10.0 Å². The first-order valence-corrected chi connectivity index (χ1v) is 10.4. The lowest BCUT2D eigenvalue weighted by atomic mass is 10.0. The van der Waals surface area contributed by atoms with E-state index in [9.17, 15) is 13.2 Å². The Morgan fingerprint density at radius 1 is 1.21 bits per heavy atom. The van der Waals surface area contributed by atoms with Crippen LogP contribution in [-0.4, -0.2) is 33.7 Å². The number of anilines is 1. The summed E-state index contributed by atoms with van der Waals surface area (Å²) in [6.07, 6.45) is 1.19. The minimum atomic E-state index is -3.44. The second kappa shape index (κ2) is 7.81. The number of carbonyl (C=O) groups is 1. The van der Waals surface area contributed by atoms with Crippen molar-refractivity contribution in [2.75, 3.05) is 23.7 Å². The summed E-state index contributed by atoms with van der Waals surface area (Å²) >= 11 is 1.35. The lowest BCUT2D eigenvalue weighted by molar-refractivity contribution is 0.0959. The van der Waals surface area contributed by atoms with E-state index in [1.807, 2.05) is 37.4 Å². The molecule has 130 valence electrons. The normalized spacial score (nSPS) is 11.5. The van der Waals surface area contributed by atoms with Crippen LogP contribution in [0.1, 0.15) is 35.0 Å². The molecule has 0 aliphatic heterocycles. The summed E-state index contributed by atoms with van der Waals surface area (Å²) in [5.41, 5.74) is 1.63. The number of amides is 1. The Hall–Kier alpha value is -1.86. The van der Waals surface area contributed by atoms with Crippen molar-refractivity contribution in [2.24, 2.45) is 0 Å². The van der Waals surface area contributed by atoms with Crippen molar-refractivity contribution in [3.63, 3.8) is 0 Å². The molecule has 0 atom stereocenters. The number of hydrogen-bond donors (Lipinski definition) is 1. The average Bonchev–Trinajstić information content (AvgIpc) is 3.04. The zero-order valence-electron chi connectivity index (χ0n) is 14.0. The Bertz CT molecular complexity index is 784. The number of carbonyl (C=O) groups excluding carboxylic acids is 1. The van der Waals surface area contributed by atoms with Crippen LogP contribution in [0.4, 0.5) is 5.69 Å². The maximum atomic E-state index is 12.2. The first-order chi connectivity index (χ1) is 11.3. The predicted molar refractivity (Wildman–Crippen MR) is 99.4 cm³/mol. The van der Waals surface area contributed by atoms with Crippen molar-refractivity contribution in [2.45, 2.75) is 19.8 Å². The molecule has 24 heavy (non-hydrogen) atoms. The van der Waals surface area contributed by atoms with E-state index in [1.54, 1.807) is 18.2 Å². The molecule has 0 unspecified atom stereocenters. The van der Waals surface area contributed by atoms with Crippen molar-refractivity contribution in [1.29, 1.82) is 0 Å². The van der Waals surface area contributed by atoms with Gasteiger partial charge in [-0.15, -0.1) is 11.3 Å². The highest BCUT2D eigenvalue weighted by Crippen LogP contribution is 2.28. The van der Waals surface area contributed by atoms with Gasteiger partial charge in [0, 0.05) is 6.54 Å². The van der Waals surface area contributed by atoms with Gasteiger partial charge in [0.15, 0.2) is 0 Å². The minimum absolute atomic E-state index is 0.185. The molecule has 5 nitrogen and oxygen atoms in total. The summed E-state index contributed by atoms with van der Waals surface area (Å²) in [6.45, 7) is 4.49. The maximum absolute atomic E-state index is 12.2. The largest absolute Gasteiger partial charge is 0.350 e. The highest BCUT2D eigenvalue weighted by molar-refractivity contribution is 7.92. The van der Waals surface area contributed by atoms with Gasteiger partial charge in [-0.25, -0.2) is 8.42 Å². The number of benzene rings is 1. The molecular weight excluding hydrogens is 344 g/mol. The van der Waals surface area contributed by atoms with Crippen LogP contribution in [0.15, 0.2) is 41.8 Å². The summed E-state index contributed by atoms with van der Waals surface area (Å²) in [5, 5.41) is 4.60. The predicted octanol–water partition coefficient (Wildman–Crippen LogP) is 3.07. The van der Waals surface area contributed by atoms with Gasteiger partial charge in [-0.3, -0.25) is 9.10 Å². The summed E-state index contributed by atoms with van der Waals surface area (Å²) in [7, 11) is -3.44. The van der Waals surface area contributed by atoms with E-state index in [2.05, 4.69) is 5.32 Å². The van der Waals surface area contributed by atoms with E-state index < -0.39 is 10.0 Å². The second-order valence-electron chi connectivity index (χ2n) is 5.78. The third-order valence-electron chi connectivity index (χ3n) is 3.57. The third-order valence-corrected chi connectivity index (χ3v) is 5.62. The van der Waals surface area contributed by atoms with Crippen molar-refractivity contribution in [1.82, 2.24) is 5.32 Å². The zero-order valence-corrected chi connectivity index (χ0v) is 15.7. The van der Waals surface area contributed by atoms with Crippen LogP contribution < -0.4 is 9.62 Å². The molecular formula is C17H22N2O3S2. The van der Waals surface area contributed by atoms with Gasteiger partial charge in [-0.05, 0) is 29.0 Å². The topological polar surface area (TPSA) is 66.5 Å². The Morgan fingerprint density at radius 3 is 2.50 bits per heavy atom. The third kappa shape index (κ3) is 4.58. The fourth-order valence-electron chi connectivity index (χ4n) is 2.43. The Morgan fingerprint density at radius 2 is 1.92 bits per heavy atom. The molecule has 0 aliphatic rings. The van der Waals surface area contributed by atoms with Crippen molar-refractivity contribution in [3.05, 3.63) is 52.2 Å². The first-order valence-electron chi connectivity index (χ1n) is 7.69. The molecule has 0 spiro atoms. The van der Waals surface area contributed by atoms with E-state index in [0.717, 1.165) is 5.56 Å². The van der Waals surface area contributed by atoms with Gasteiger partial charge in [0.25, 0.3) is 5.91 Å². The van der Waals surface area contributed by atoms with E-state index in [0.29, 0.717) is 10.6 Å². The molecule has 7 heteroatoms. The molecule has 1 aromatic heterocycles. The van der Waals surface area contributed by atoms with Crippen LogP contribution in [0.3, 0.4) is 0 Å². The lowest BCUT2D eigenvalue weighted by Gasteiger charge is -2.26.